The minimum absolute atomic E-state index is 0.243. The second-order valence-corrected chi connectivity index (χ2v) is 3.92. The van der Waals surface area contributed by atoms with E-state index < -0.39 is 18.9 Å². The Morgan fingerprint density at radius 1 is 1.29 bits per heavy atom. The summed E-state index contributed by atoms with van der Waals surface area (Å²) in [5.41, 5.74) is 1.57. The molecule has 0 fully saturated rings. The highest BCUT2D eigenvalue weighted by atomic mass is 19.3. The number of halogens is 4. The number of anilines is 1. The van der Waals surface area contributed by atoms with Crippen molar-refractivity contribution in [1.29, 1.82) is 0 Å². The fourth-order valence-corrected chi connectivity index (χ4v) is 1.79. The Bertz CT molecular complexity index is 409. The molecule has 0 saturated heterocycles. The monoisotopic (exact) mass is 249 g/mol. The van der Waals surface area contributed by atoms with E-state index in [2.05, 4.69) is 15.3 Å². The number of nitrogens with one attached hydrogen (secondary N) is 1. The molecular weight excluding hydrogens is 238 g/mol. The van der Waals surface area contributed by atoms with Gasteiger partial charge in [0.15, 0.2) is 0 Å². The van der Waals surface area contributed by atoms with Gasteiger partial charge >= 0.3 is 12.3 Å². The van der Waals surface area contributed by atoms with Crippen molar-refractivity contribution in [3.8, 4) is 0 Å². The van der Waals surface area contributed by atoms with Crippen LogP contribution in [-0.2, 0) is 12.8 Å². The number of hydrogen-bond donors (Lipinski definition) is 1. The lowest BCUT2D eigenvalue weighted by Gasteiger charge is -2.17. The van der Waals surface area contributed by atoms with Crippen molar-refractivity contribution in [3.63, 3.8) is 0 Å². The third-order valence-corrected chi connectivity index (χ3v) is 2.69. The molecule has 0 radical (unpaired) electrons. The lowest BCUT2D eigenvalue weighted by atomic mass is 10.2. The maximum atomic E-state index is 12.7. The Kier molecular flexibility index (Phi) is 3.17. The Labute approximate surface area is 95.3 Å². The van der Waals surface area contributed by atoms with E-state index in [4.69, 9.17) is 0 Å². The third-order valence-electron chi connectivity index (χ3n) is 2.69. The van der Waals surface area contributed by atoms with Gasteiger partial charge in [-0.05, 0) is 19.3 Å². The molecule has 1 aliphatic rings. The molecule has 2 rings (SSSR count). The maximum absolute atomic E-state index is 12.7. The first-order valence-electron chi connectivity index (χ1n) is 5.23. The van der Waals surface area contributed by atoms with Gasteiger partial charge in [0, 0.05) is 11.3 Å². The summed E-state index contributed by atoms with van der Waals surface area (Å²) in [4.78, 5) is 7.83. The highest BCUT2D eigenvalue weighted by molar-refractivity contribution is 5.48. The molecule has 94 valence electrons. The molecule has 3 nitrogen and oxygen atoms in total. The molecular formula is C10H11F4N3. The summed E-state index contributed by atoms with van der Waals surface area (Å²) in [6.45, 7) is -1.12. The van der Waals surface area contributed by atoms with Crippen molar-refractivity contribution >= 4 is 5.82 Å². The number of rotatable bonds is 4. The number of aromatic nitrogens is 2. The summed E-state index contributed by atoms with van der Waals surface area (Å²) in [6, 6.07) is 0. The Hall–Kier alpha value is -1.40. The number of alkyl halides is 4. The molecule has 7 heteroatoms. The zero-order valence-electron chi connectivity index (χ0n) is 8.89. The second-order valence-electron chi connectivity index (χ2n) is 3.92. The van der Waals surface area contributed by atoms with Crippen LogP contribution in [0.25, 0.3) is 0 Å². The van der Waals surface area contributed by atoms with Crippen LogP contribution in [0.4, 0.5) is 23.4 Å². The Morgan fingerprint density at radius 2 is 2.06 bits per heavy atom. The van der Waals surface area contributed by atoms with Crippen LogP contribution in [0.2, 0.25) is 0 Å². The van der Waals surface area contributed by atoms with Gasteiger partial charge in [-0.3, -0.25) is 0 Å². The second kappa shape index (κ2) is 4.46. The van der Waals surface area contributed by atoms with Crippen molar-refractivity contribution < 1.29 is 17.6 Å². The van der Waals surface area contributed by atoms with Crippen molar-refractivity contribution in [3.05, 3.63) is 17.6 Å². The maximum Gasteiger partial charge on any atom is 0.324 e. The molecule has 1 aliphatic carbocycles. The number of nitrogens with zero attached hydrogens (tertiary/aromatic N) is 2. The molecule has 0 saturated carbocycles. The standard InChI is InChI=1S/C10H11F4N3/c11-9(12)10(13,14)4-15-8-6-2-1-3-7(6)16-5-17-8/h5,9H,1-4H2,(H,15,16,17). The molecule has 1 heterocycles. The van der Waals surface area contributed by atoms with Crippen LogP contribution in [0.3, 0.4) is 0 Å². The number of aryl methyl sites for hydroxylation is 1. The molecule has 0 unspecified atom stereocenters. The van der Waals surface area contributed by atoms with Crippen molar-refractivity contribution in [2.75, 3.05) is 11.9 Å². The van der Waals surface area contributed by atoms with Gasteiger partial charge in [0.1, 0.15) is 12.1 Å². The zero-order chi connectivity index (χ0) is 12.5. The largest absolute Gasteiger partial charge is 0.363 e. The minimum atomic E-state index is -4.05. The molecule has 17 heavy (non-hydrogen) atoms. The van der Waals surface area contributed by atoms with Crippen LogP contribution < -0.4 is 5.32 Å². The summed E-state index contributed by atoms with van der Waals surface area (Å²) < 4.78 is 49.4. The van der Waals surface area contributed by atoms with E-state index in [9.17, 15) is 17.6 Å². The van der Waals surface area contributed by atoms with Crippen molar-refractivity contribution in [2.45, 2.75) is 31.6 Å². The van der Waals surface area contributed by atoms with E-state index in [1.807, 2.05) is 0 Å². The van der Waals surface area contributed by atoms with E-state index in [0.717, 1.165) is 24.1 Å². The molecule has 0 aromatic carbocycles. The summed E-state index contributed by atoms with van der Waals surface area (Å²) in [5.74, 6) is -3.80. The first-order valence-corrected chi connectivity index (χ1v) is 5.23. The predicted octanol–water partition coefficient (Wildman–Crippen LogP) is 2.28. The van der Waals surface area contributed by atoms with Gasteiger partial charge < -0.3 is 5.32 Å². The highest BCUT2D eigenvalue weighted by Crippen LogP contribution is 2.27. The van der Waals surface area contributed by atoms with Crippen LogP contribution in [0.15, 0.2) is 6.33 Å². The summed E-state index contributed by atoms with van der Waals surface area (Å²) in [5, 5.41) is 2.29. The van der Waals surface area contributed by atoms with E-state index >= 15 is 0 Å². The molecule has 1 aromatic rings. The molecule has 1 aromatic heterocycles. The van der Waals surface area contributed by atoms with Gasteiger partial charge in [0.25, 0.3) is 0 Å². The predicted molar refractivity (Wildman–Crippen MR) is 53.5 cm³/mol. The molecule has 0 amide bonds. The lowest BCUT2D eigenvalue weighted by molar-refractivity contribution is -0.117. The topological polar surface area (TPSA) is 37.8 Å². The van der Waals surface area contributed by atoms with Crippen LogP contribution in [0.5, 0.6) is 0 Å². The van der Waals surface area contributed by atoms with E-state index in [1.54, 1.807) is 0 Å². The van der Waals surface area contributed by atoms with Gasteiger partial charge in [-0.1, -0.05) is 0 Å². The normalized spacial score (nSPS) is 15.1. The van der Waals surface area contributed by atoms with Gasteiger partial charge in [-0.2, -0.15) is 8.78 Å². The van der Waals surface area contributed by atoms with E-state index in [1.165, 1.54) is 6.33 Å². The molecule has 0 spiro atoms. The third kappa shape index (κ3) is 2.48. The number of fused-ring (bicyclic) bond motifs is 1. The molecule has 0 bridgehead atoms. The first-order chi connectivity index (χ1) is 8.00. The molecule has 1 N–H and O–H groups in total. The lowest BCUT2D eigenvalue weighted by Crippen LogP contribution is -2.35. The average Bonchev–Trinajstić information content (AvgIpc) is 2.74. The zero-order valence-corrected chi connectivity index (χ0v) is 8.89. The SMILES string of the molecule is FC(F)C(F)(F)CNc1ncnc2c1CCC2. The summed E-state index contributed by atoms with van der Waals surface area (Å²) in [7, 11) is 0. The fourth-order valence-electron chi connectivity index (χ4n) is 1.79. The number of hydrogen-bond acceptors (Lipinski definition) is 3. The molecule has 0 atom stereocenters. The van der Waals surface area contributed by atoms with Gasteiger partial charge in [-0.15, -0.1) is 0 Å². The van der Waals surface area contributed by atoms with Gasteiger partial charge in [0.05, 0.1) is 6.54 Å². The van der Waals surface area contributed by atoms with Gasteiger partial charge in [-0.25, -0.2) is 18.7 Å². The van der Waals surface area contributed by atoms with Gasteiger partial charge in [0.2, 0.25) is 0 Å². The van der Waals surface area contributed by atoms with Crippen LogP contribution in [0, 0.1) is 0 Å². The fraction of sp³-hybridized carbons (Fsp3) is 0.600. The van der Waals surface area contributed by atoms with Crippen LogP contribution in [0.1, 0.15) is 17.7 Å². The van der Waals surface area contributed by atoms with E-state index in [0.29, 0.717) is 6.42 Å². The van der Waals surface area contributed by atoms with Crippen molar-refractivity contribution in [1.82, 2.24) is 9.97 Å². The first kappa shape index (κ1) is 12.1. The van der Waals surface area contributed by atoms with Crippen molar-refractivity contribution in [2.24, 2.45) is 0 Å². The van der Waals surface area contributed by atoms with E-state index in [-0.39, 0.29) is 5.82 Å². The Balaban J connectivity index is 2.08. The average molecular weight is 249 g/mol. The Morgan fingerprint density at radius 3 is 2.76 bits per heavy atom. The van der Waals surface area contributed by atoms with Crippen LogP contribution >= 0.6 is 0 Å². The van der Waals surface area contributed by atoms with Crippen LogP contribution in [-0.4, -0.2) is 28.9 Å². The molecule has 0 aliphatic heterocycles. The minimum Gasteiger partial charge on any atom is -0.363 e. The summed E-state index contributed by atoms with van der Waals surface area (Å²) in [6.07, 6.45) is -0.0674. The summed E-state index contributed by atoms with van der Waals surface area (Å²) >= 11 is 0. The highest BCUT2D eigenvalue weighted by Gasteiger charge is 2.40. The smallest absolute Gasteiger partial charge is 0.324 e. The quantitative estimate of drug-likeness (QED) is 0.832.